The first-order chi connectivity index (χ1) is 14.7. The van der Waals surface area contributed by atoms with Crippen LogP contribution in [-0.2, 0) is 4.74 Å². The average molecular weight is 542 g/mol. The molecule has 0 aromatic heterocycles. The fraction of sp³-hybridized carbons (Fsp3) is 0.435. The van der Waals surface area contributed by atoms with Crippen LogP contribution in [0.25, 0.3) is 0 Å². The Kier molecular flexibility index (Phi) is 11.2. The van der Waals surface area contributed by atoms with E-state index < -0.39 is 0 Å². The van der Waals surface area contributed by atoms with Crippen molar-refractivity contribution in [3.63, 3.8) is 0 Å². The molecule has 3 N–H and O–H groups in total. The van der Waals surface area contributed by atoms with Gasteiger partial charge in [0, 0.05) is 39.1 Å². The first-order valence-electron chi connectivity index (χ1n) is 10.4. The molecule has 31 heavy (non-hydrogen) atoms. The summed E-state index contributed by atoms with van der Waals surface area (Å²) in [6, 6.07) is 16.7. The molecular weight excluding hydrogens is 510 g/mol. The van der Waals surface area contributed by atoms with Crippen molar-refractivity contribution in [1.82, 2.24) is 15.5 Å². The molecule has 0 spiro atoms. The summed E-state index contributed by atoms with van der Waals surface area (Å²) in [6.45, 7) is 4.30. The molecule has 1 aliphatic rings. The summed E-state index contributed by atoms with van der Waals surface area (Å²) >= 11 is 0. The fourth-order valence-corrected chi connectivity index (χ4v) is 3.68. The smallest absolute Gasteiger partial charge is 0.191 e. The van der Waals surface area contributed by atoms with Gasteiger partial charge in [0.05, 0.1) is 25.9 Å². The van der Waals surface area contributed by atoms with Crippen molar-refractivity contribution in [3.8, 4) is 0 Å². The lowest BCUT2D eigenvalue weighted by atomic mass is 10.0. The highest BCUT2D eigenvalue weighted by atomic mass is 127. The number of aliphatic hydroxyl groups excluding tert-OH is 1. The van der Waals surface area contributed by atoms with Crippen LogP contribution in [0.3, 0.4) is 0 Å². The third-order valence-electron chi connectivity index (χ3n) is 5.43. The molecule has 6 nitrogen and oxygen atoms in total. The van der Waals surface area contributed by atoms with Crippen molar-refractivity contribution >= 4 is 29.9 Å². The molecule has 3 rings (SSSR count). The number of rotatable bonds is 8. The van der Waals surface area contributed by atoms with Gasteiger partial charge < -0.3 is 20.5 Å². The second-order valence-electron chi connectivity index (χ2n) is 7.34. The van der Waals surface area contributed by atoms with Gasteiger partial charge in [-0.3, -0.25) is 9.89 Å². The Bertz CT molecular complexity index is 786. The van der Waals surface area contributed by atoms with Gasteiger partial charge >= 0.3 is 0 Å². The van der Waals surface area contributed by atoms with E-state index in [2.05, 4.69) is 20.5 Å². The number of nitrogens with zero attached hydrogens (tertiary/aromatic N) is 2. The molecule has 0 amide bonds. The molecule has 0 saturated carbocycles. The zero-order valence-corrected chi connectivity index (χ0v) is 20.2. The molecule has 2 unspecified atom stereocenters. The van der Waals surface area contributed by atoms with E-state index in [1.54, 1.807) is 7.05 Å². The number of halogens is 2. The number of hydrogen-bond acceptors (Lipinski definition) is 4. The molecule has 0 bridgehead atoms. The van der Waals surface area contributed by atoms with Crippen LogP contribution in [0, 0.1) is 5.82 Å². The molecule has 2 aromatic rings. The zero-order chi connectivity index (χ0) is 21.2. The Morgan fingerprint density at radius 2 is 1.68 bits per heavy atom. The molecular formula is C23H32FIN4O2. The van der Waals surface area contributed by atoms with Crippen LogP contribution in [0.15, 0.2) is 59.6 Å². The number of benzene rings is 2. The van der Waals surface area contributed by atoms with E-state index in [4.69, 9.17) is 4.74 Å². The normalized spacial score (nSPS) is 16.8. The molecule has 8 heteroatoms. The predicted octanol–water partition coefficient (Wildman–Crippen LogP) is 2.76. The van der Waals surface area contributed by atoms with Gasteiger partial charge in [-0.25, -0.2) is 4.39 Å². The average Bonchev–Trinajstić information content (AvgIpc) is 2.80. The third-order valence-corrected chi connectivity index (χ3v) is 5.43. The monoisotopic (exact) mass is 542 g/mol. The van der Waals surface area contributed by atoms with Crippen LogP contribution in [0.2, 0.25) is 0 Å². The molecule has 170 valence electrons. The largest absolute Gasteiger partial charge is 0.396 e. The van der Waals surface area contributed by atoms with Crippen molar-refractivity contribution in [3.05, 3.63) is 71.5 Å². The summed E-state index contributed by atoms with van der Waals surface area (Å²) in [5.41, 5.74) is 2.14. The van der Waals surface area contributed by atoms with Gasteiger partial charge in [0.2, 0.25) is 0 Å². The summed E-state index contributed by atoms with van der Waals surface area (Å²) < 4.78 is 18.9. The van der Waals surface area contributed by atoms with Gasteiger partial charge in [0.1, 0.15) is 5.82 Å². The van der Waals surface area contributed by atoms with E-state index in [0.29, 0.717) is 32.3 Å². The lowest BCUT2D eigenvalue weighted by molar-refractivity contribution is 0.0170. The van der Waals surface area contributed by atoms with E-state index in [1.165, 1.54) is 12.1 Å². The Hall–Kier alpha value is -1.75. The molecule has 1 heterocycles. The first-order valence-corrected chi connectivity index (χ1v) is 10.4. The minimum atomic E-state index is -0.235. The molecule has 0 radical (unpaired) electrons. The standard InChI is InChI=1S/C23H31FN4O2.HI/c1-25-23(26-15-20(17-29)18-5-3-2-4-6-18)27-16-22(28-11-13-30-14-12-28)19-7-9-21(24)10-8-19;/h2-10,20,22,29H,11-17H2,1H3,(H2,25,26,27);1H. The number of aliphatic imine (C=N–C) groups is 1. The van der Waals surface area contributed by atoms with E-state index in [-0.39, 0.29) is 48.4 Å². The molecule has 1 saturated heterocycles. The van der Waals surface area contributed by atoms with Gasteiger partial charge in [-0.1, -0.05) is 42.5 Å². The van der Waals surface area contributed by atoms with E-state index in [0.717, 1.165) is 24.2 Å². The highest BCUT2D eigenvalue weighted by molar-refractivity contribution is 14.0. The third kappa shape index (κ3) is 7.71. The van der Waals surface area contributed by atoms with Crippen LogP contribution >= 0.6 is 24.0 Å². The van der Waals surface area contributed by atoms with Gasteiger partial charge in [0.15, 0.2) is 5.96 Å². The van der Waals surface area contributed by atoms with Crippen LogP contribution in [0.4, 0.5) is 4.39 Å². The Balaban J connectivity index is 0.00000341. The second kappa shape index (κ2) is 13.6. The molecule has 1 fully saturated rings. The first kappa shape index (κ1) is 25.5. The number of ether oxygens (including phenoxy) is 1. The summed E-state index contributed by atoms with van der Waals surface area (Å²) in [6.07, 6.45) is 0. The Morgan fingerprint density at radius 1 is 1.03 bits per heavy atom. The summed E-state index contributed by atoms with van der Waals surface area (Å²) in [5.74, 6) is 0.419. The van der Waals surface area contributed by atoms with Crippen molar-refractivity contribution in [2.24, 2.45) is 4.99 Å². The number of aliphatic hydroxyl groups is 1. The fourth-order valence-electron chi connectivity index (χ4n) is 3.68. The maximum absolute atomic E-state index is 13.4. The van der Waals surface area contributed by atoms with Crippen molar-refractivity contribution in [2.75, 3.05) is 53.0 Å². The van der Waals surface area contributed by atoms with Crippen LogP contribution in [-0.4, -0.2) is 69.0 Å². The minimum absolute atomic E-state index is 0. The molecule has 2 atom stereocenters. The van der Waals surface area contributed by atoms with E-state index in [1.807, 2.05) is 42.5 Å². The quantitative estimate of drug-likeness (QED) is 0.272. The lowest BCUT2D eigenvalue weighted by Gasteiger charge is -2.35. The van der Waals surface area contributed by atoms with Gasteiger partial charge in [-0.2, -0.15) is 0 Å². The molecule has 2 aromatic carbocycles. The summed E-state index contributed by atoms with van der Waals surface area (Å²) in [7, 11) is 1.73. The Morgan fingerprint density at radius 3 is 2.29 bits per heavy atom. The van der Waals surface area contributed by atoms with Crippen LogP contribution < -0.4 is 10.6 Å². The van der Waals surface area contributed by atoms with Crippen LogP contribution in [0.1, 0.15) is 23.1 Å². The SMILES string of the molecule is CN=C(NCC(CO)c1ccccc1)NCC(c1ccc(F)cc1)N1CCOCC1.I. The van der Waals surface area contributed by atoms with Crippen molar-refractivity contribution in [2.45, 2.75) is 12.0 Å². The summed E-state index contributed by atoms with van der Waals surface area (Å²) in [4.78, 5) is 6.67. The van der Waals surface area contributed by atoms with E-state index >= 15 is 0 Å². The maximum Gasteiger partial charge on any atom is 0.191 e. The van der Waals surface area contributed by atoms with Gasteiger partial charge in [-0.15, -0.1) is 24.0 Å². The van der Waals surface area contributed by atoms with Gasteiger partial charge in [0.25, 0.3) is 0 Å². The van der Waals surface area contributed by atoms with Crippen LogP contribution in [0.5, 0.6) is 0 Å². The number of guanidine groups is 1. The summed E-state index contributed by atoms with van der Waals surface area (Å²) in [5, 5.41) is 16.5. The topological polar surface area (TPSA) is 69.1 Å². The number of hydrogen-bond donors (Lipinski definition) is 3. The lowest BCUT2D eigenvalue weighted by Crippen LogP contribution is -2.47. The van der Waals surface area contributed by atoms with Crippen molar-refractivity contribution < 1.29 is 14.2 Å². The number of nitrogens with one attached hydrogen (secondary N) is 2. The zero-order valence-electron chi connectivity index (χ0n) is 17.8. The second-order valence-corrected chi connectivity index (χ2v) is 7.34. The maximum atomic E-state index is 13.4. The van der Waals surface area contributed by atoms with Gasteiger partial charge in [-0.05, 0) is 23.3 Å². The minimum Gasteiger partial charge on any atom is -0.396 e. The van der Waals surface area contributed by atoms with Crippen molar-refractivity contribution in [1.29, 1.82) is 0 Å². The predicted molar refractivity (Wildman–Crippen MR) is 133 cm³/mol. The highest BCUT2D eigenvalue weighted by Crippen LogP contribution is 2.21. The number of morpholine rings is 1. The van der Waals surface area contributed by atoms with E-state index in [9.17, 15) is 9.50 Å². The molecule has 1 aliphatic heterocycles. The Labute approximate surface area is 200 Å². The molecule has 0 aliphatic carbocycles. The highest BCUT2D eigenvalue weighted by Gasteiger charge is 2.23.